The molecule has 0 saturated heterocycles. The highest BCUT2D eigenvalue weighted by Crippen LogP contribution is 2.12. The van der Waals surface area contributed by atoms with E-state index in [-0.39, 0.29) is 12.0 Å². The van der Waals surface area contributed by atoms with Crippen molar-refractivity contribution in [3.8, 4) is 0 Å². The zero-order valence-electron chi connectivity index (χ0n) is 9.97. The lowest BCUT2D eigenvalue weighted by Crippen LogP contribution is -2.40. The molecule has 0 heterocycles. The van der Waals surface area contributed by atoms with Gasteiger partial charge in [0.05, 0.1) is 6.61 Å². The molecule has 0 bridgehead atoms. The number of hydrogen-bond acceptors (Lipinski definition) is 3. The number of aliphatic hydroxyl groups excluding tert-OH is 1. The first-order valence-corrected chi connectivity index (χ1v) is 5.39. The summed E-state index contributed by atoms with van der Waals surface area (Å²) < 4.78 is 5.13. The van der Waals surface area contributed by atoms with Gasteiger partial charge in [-0.3, -0.25) is 0 Å². The Morgan fingerprint density at radius 3 is 2.50 bits per heavy atom. The van der Waals surface area contributed by atoms with Crippen LogP contribution in [0.25, 0.3) is 0 Å². The van der Waals surface area contributed by atoms with Crippen LogP contribution in [-0.2, 0) is 4.74 Å². The minimum Gasteiger partial charge on any atom is -0.396 e. The summed E-state index contributed by atoms with van der Waals surface area (Å²) in [6.45, 7) is 8.06. The van der Waals surface area contributed by atoms with Crippen LogP contribution < -0.4 is 5.32 Å². The van der Waals surface area contributed by atoms with Crippen molar-refractivity contribution >= 4 is 0 Å². The van der Waals surface area contributed by atoms with Gasteiger partial charge in [0.1, 0.15) is 0 Å². The lowest BCUT2D eigenvalue weighted by atomic mass is 9.94. The van der Waals surface area contributed by atoms with Crippen LogP contribution in [0, 0.1) is 5.41 Å². The highest BCUT2D eigenvalue weighted by Gasteiger charge is 2.18. The van der Waals surface area contributed by atoms with E-state index in [9.17, 15) is 0 Å². The molecular weight excluding hydrogens is 178 g/mol. The molecule has 0 amide bonds. The van der Waals surface area contributed by atoms with Gasteiger partial charge in [-0.15, -0.1) is 0 Å². The standard InChI is InChI=1S/C11H25NO2/c1-5-6-10(7-14-4)12-8-11(2,3)9-13/h10,12-13H,5-9H2,1-4H3. The zero-order chi connectivity index (χ0) is 11.0. The van der Waals surface area contributed by atoms with Crippen molar-refractivity contribution < 1.29 is 9.84 Å². The van der Waals surface area contributed by atoms with E-state index in [0.717, 1.165) is 26.0 Å². The summed E-state index contributed by atoms with van der Waals surface area (Å²) in [5, 5.41) is 12.5. The molecule has 0 aliphatic heterocycles. The number of ether oxygens (including phenoxy) is 1. The molecule has 0 aromatic heterocycles. The molecule has 14 heavy (non-hydrogen) atoms. The van der Waals surface area contributed by atoms with Crippen LogP contribution in [0.2, 0.25) is 0 Å². The van der Waals surface area contributed by atoms with Crippen LogP contribution in [0.3, 0.4) is 0 Å². The van der Waals surface area contributed by atoms with Gasteiger partial charge >= 0.3 is 0 Å². The van der Waals surface area contributed by atoms with E-state index in [1.807, 2.05) is 0 Å². The number of rotatable bonds is 8. The van der Waals surface area contributed by atoms with Gasteiger partial charge in [0.2, 0.25) is 0 Å². The molecule has 86 valence electrons. The van der Waals surface area contributed by atoms with Gasteiger partial charge in [-0.2, -0.15) is 0 Å². The fourth-order valence-corrected chi connectivity index (χ4v) is 1.27. The lowest BCUT2D eigenvalue weighted by molar-refractivity contribution is 0.129. The van der Waals surface area contributed by atoms with Crippen molar-refractivity contribution in [2.75, 3.05) is 26.9 Å². The molecular formula is C11H25NO2. The fourth-order valence-electron chi connectivity index (χ4n) is 1.27. The summed E-state index contributed by atoms with van der Waals surface area (Å²) in [6.07, 6.45) is 2.27. The quantitative estimate of drug-likeness (QED) is 0.627. The molecule has 2 N–H and O–H groups in total. The molecule has 3 heteroatoms. The smallest absolute Gasteiger partial charge is 0.0615 e. The van der Waals surface area contributed by atoms with Crippen LogP contribution >= 0.6 is 0 Å². The van der Waals surface area contributed by atoms with Crippen LogP contribution in [0.5, 0.6) is 0 Å². The topological polar surface area (TPSA) is 41.5 Å². The maximum absolute atomic E-state index is 9.10. The van der Waals surface area contributed by atoms with E-state index in [2.05, 4.69) is 26.1 Å². The Kier molecular flexibility index (Phi) is 7.15. The number of aliphatic hydroxyl groups is 1. The zero-order valence-corrected chi connectivity index (χ0v) is 9.97. The third kappa shape index (κ3) is 6.35. The first-order valence-electron chi connectivity index (χ1n) is 5.39. The molecule has 0 saturated carbocycles. The minimum absolute atomic E-state index is 0.0419. The predicted octanol–water partition coefficient (Wildman–Crippen LogP) is 1.41. The molecule has 1 unspecified atom stereocenters. The van der Waals surface area contributed by atoms with E-state index in [1.54, 1.807) is 7.11 Å². The fraction of sp³-hybridized carbons (Fsp3) is 1.00. The molecule has 0 aromatic carbocycles. The number of nitrogens with one attached hydrogen (secondary N) is 1. The first kappa shape index (κ1) is 13.9. The number of hydrogen-bond donors (Lipinski definition) is 2. The molecule has 0 rings (SSSR count). The van der Waals surface area contributed by atoms with E-state index in [0.29, 0.717) is 6.04 Å². The van der Waals surface area contributed by atoms with Gasteiger partial charge in [-0.25, -0.2) is 0 Å². The Morgan fingerprint density at radius 1 is 1.43 bits per heavy atom. The molecule has 3 nitrogen and oxygen atoms in total. The molecule has 0 radical (unpaired) electrons. The SMILES string of the molecule is CCCC(COC)NCC(C)(C)CO. The second-order valence-corrected chi connectivity index (χ2v) is 4.64. The third-order valence-electron chi connectivity index (χ3n) is 2.30. The van der Waals surface area contributed by atoms with Crippen molar-refractivity contribution in [3.63, 3.8) is 0 Å². The lowest BCUT2D eigenvalue weighted by Gasteiger charge is -2.26. The van der Waals surface area contributed by atoms with Crippen LogP contribution in [0.4, 0.5) is 0 Å². The van der Waals surface area contributed by atoms with Gasteiger partial charge in [0.25, 0.3) is 0 Å². The second-order valence-electron chi connectivity index (χ2n) is 4.64. The Balaban J connectivity index is 3.80. The van der Waals surface area contributed by atoms with Crippen LogP contribution in [0.1, 0.15) is 33.6 Å². The summed E-state index contributed by atoms with van der Waals surface area (Å²) in [6, 6.07) is 0.413. The summed E-state index contributed by atoms with van der Waals surface area (Å²) >= 11 is 0. The molecule has 0 aromatic rings. The van der Waals surface area contributed by atoms with Gasteiger partial charge in [-0.1, -0.05) is 27.2 Å². The second kappa shape index (κ2) is 7.21. The van der Waals surface area contributed by atoms with Gasteiger partial charge in [0, 0.05) is 31.7 Å². The molecule has 0 aliphatic rings. The Bertz CT molecular complexity index is 131. The summed E-state index contributed by atoms with van der Waals surface area (Å²) in [7, 11) is 1.72. The Morgan fingerprint density at radius 2 is 2.07 bits per heavy atom. The third-order valence-corrected chi connectivity index (χ3v) is 2.30. The molecule has 1 atom stereocenters. The van der Waals surface area contributed by atoms with E-state index >= 15 is 0 Å². The minimum atomic E-state index is -0.0419. The van der Waals surface area contributed by atoms with Crippen molar-refractivity contribution in [1.29, 1.82) is 0 Å². The van der Waals surface area contributed by atoms with Crippen molar-refractivity contribution in [1.82, 2.24) is 5.32 Å². The largest absolute Gasteiger partial charge is 0.396 e. The summed E-state index contributed by atoms with van der Waals surface area (Å²) in [4.78, 5) is 0. The maximum Gasteiger partial charge on any atom is 0.0615 e. The Hall–Kier alpha value is -0.120. The van der Waals surface area contributed by atoms with Crippen LogP contribution in [-0.4, -0.2) is 38.0 Å². The van der Waals surface area contributed by atoms with E-state index in [1.165, 1.54) is 0 Å². The highest BCUT2D eigenvalue weighted by molar-refractivity contribution is 4.74. The van der Waals surface area contributed by atoms with Gasteiger partial charge in [-0.05, 0) is 6.42 Å². The monoisotopic (exact) mass is 203 g/mol. The van der Waals surface area contributed by atoms with Crippen molar-refractivity contribution in [2.45, 2.75) is 39.7 Å². The Labute approximate surface area is 87.8 Å². The van der Waals surface area contributed by atoms with Crippen molar-refractivity contribution in [2.24, 2.45) is 5.41 Å². The molecule has 0 fully saturated rings. The average Bonchev–Trinajstić information content (AvgIpc) is 2.15. The van der Waals surface area contributed by atoms with E-state index in [4.69, 9.17) is 9.84 Å². The molecule has 0 spiro atoms. The van der Waals surface area contributed by atoms with Gasteiger partial charge in [0.15, 0.2) is 0 Å². The normalized spacial score (nSPS) is 14.4. The average molecular weight is 203 g/mol. The maximum atomic E-state index is 9.10. The van der Waals surface area contributed by atoms with E-state index < -0.39 is 0 Å². The van der Waals surface area contributed by atoms with Crippen molar-refractivity contribution in [3.05, 3.63) is 0 Å². The molecule has 0 aliphatic carbocycles. The first-order chi connectivity index (χ1) is 6.55. The number of methoxy groups -OCH3 is 1. The highest BCUT2D eigenvalue weighted by atomic mass is 16.5. The summed E-state index contributed by atoms with van der Waals surface area (Å²) in [5.74, 6) is 0. The van der Waals surface area contributed by atoms with Crippen LogP contribution in [0.15, 0.2) is 0 Å². The summed E-state index contributed by atoms with van der Waals surface area (Å²) in [5.41, 5.74) is -0.0419. The van der Waals surface area contributed by atoms with Gasteiger partial charge < -0.3 is 15.2 Å². The predicted molar refractivity (Wildman–Crippen MR) is 59.4 cm³/mol.